The van der Waals surface area contributed by atoms with E-state index in [0.29, 0.717) is 0 Å². The van der Waals surface area contributed by atoms with Gasteiger partial charge in [0.1, 0.15) is 0 Å². The molecular formula is C11H6F21NO3S. The van der Waals surface area contributed by atoms with Crippen molar-refractivity contribution in [1.29, 1.82) is 0 Å². The van der Waals surface area contributed by atoms with Crippen LogP contribution >= 0.6 is 0 Å². The van der Waals surface area contributed by atoms with E-state index in [-0.39, 0.29) is 6.15 Å². The van der Waals surface area contributed by atoms with E-state index in [4.69, 9.17) is 4.55 Å². The molecular weight excluding hydrogens is 625 g/mol. The van der Waals surface area contributed by atoms with Crippen LogP contribution in [-0.4, -0.2) is 78.2 Å². The lowest BCUT2D eigenvalue weighted by Crippen LogP contribution is -2.77. The Morgan fingerprint density at radius 1 is 0.432 bits per heavy atom. The molecule has 0 heterocycles. The standard InChI is InChI=1S/C11H3F21O3S.H3N/c12-1(13)3(15,16)5(19,20)7(23,24)9(27,28)11(31,32)10(29,30)8(25,26)6(21,22)4(17,18)2(14)36(33,34)35;/h1-2H,(H,33,34,35);1H3. The molecule has 4 nitrogen and oxygen atoms in total. The molecule has 1 atom stereocenters. The van der Waals surface area contributed by atoms with Gasteiger partial charge < -0.3 is 6.15 Å². The first-order chi connectivity index (χ1) is 15.1. The van der Waals surface area contributed by atoms with Crippen molar-refractivity contribution in [2.45, 2.75) is 65.2 Å². The summed E-state index contributed by atoms with van der Waals surface area (Å²) in [6, 6.07) is 0. The van der Waals surface area contributed by atoms with Gasteiger partial charge in [0.25, 0.3) is 5.50 Å². The SMILES string of the molecule is N.O=S(=O)(O)C(F)C(F)(F)C(F)(F)C(F)(F)C(F)(F)C(F)(F)C(F)(F)C(F)(F)C(F)(F)C(F)(F)C(F)F. The van der Waals surface area contributed by atoms with Crippen LogP contribution in [0.3, 0.4) is 0 Å². The first-order valence-corrected chi connectivity index (χ1v) is 8.89. The second kappa shape index (κ2) is 9.25. The molecule has 0 aromatic rings. The first kappa shape index (κ1) is 37.6. The van der Waals surface area contributed by atoms with E-state index in [0.717, 1.165) is 0 Å². The van der Waals surface area contributed by atoms with Crippen molar-refractivity contribution in [2.24, 2.45) is 0 Å². The van der Waals surface area contributed by atoms with Gasteiger partial charge in [-0.1, -0.05) is 0 Å². The minimum atomic E-state index is -9.31. The maximum absolute atomic E-state index is 13.4. The highest BCUT2D eigenvalue weighted by atomic mass is 32.2. The Hall–Kier alpha value is -1.60. The predicted octanol–water partition coefficient (Wildman–Crippen LogP) is 6.31. The zero-order valence-electron chi connectivity index (χ0n) is 16.0. The van der Waals surface area contributed by atoms with Gasteiger partial charge >= 0.3 is 69.8 Å². The molecule has 0 aromatic carbocycles. The summed E-state index contributed by atoms with van der Waals surface area (Å²) in [5.41, 5.74) is -6.16. The van der Waals surface area contributed by atoms with Crippen molar-refractivity contribution in [1.82, 2.24) is 6.15 Å². The summed E-state index contributed by atoms with van der Waals surface area (Å²) < 4.78 is 302. The molecule has 226 valence electrons. The third-order valence-electron chi connectivity index (χ3n) is 4.02. The topological polar surface area (TPSA) is 89.4 Å². The molecule has 0 aliphatic heterocycles. The minimum absolute atomic E-state index is 0. The van der Waals surface area contributed by atoms with Crippen LogP contribution in [0.25, 0.3) is 0 Å². The monoisotopic (exact) mass is 631 g/mol. The summed E-state index contributed by atoms with van der Waals surface area (Å²) in [5, 5.41) is 0. The number of rotatable bonds is 11. The molecule has 0 fully saturated rings. The molecule has 0 bridgehead atoms. The van der Waals surface area contributed by atoms with Gasteiger partial charge in [0.15, 0.2) is 0 Å². The summed E-state index contributed by atoms with van der Waals surface area (Å²) in [5.74, 6) is -79.1. The minimum Gasteiger partial charge on any atom is -0.344 e. The van der Waals surface area contributed by atoms with Gasteiger partial charge in [0.2, 0.25) is 0 Å². The van der Waals surface area contributed by atoms with Gasteiger partial charge in [-0.3, -0.25) is 4.55 Å². The predicted molar refractivity (Wildman–Crippen MR) is 72.0 cm³/mol. The molecule has 0 saturated carbocycles. The Bertz CT molecular complexity index is 928. The molecule has 0 aromatic heterocycles. The fourth-order valence-corrected chi connectivity index (χ4v) is 2.39. The van der Waals surface area contributed by atoms with Crippen molar-refractivity contribution in [3.63, 3.8) is 0 Å². The Morgan fingerprint density at radius 2 is 0.622 bits per heavy atom. The molecule has 0 spiro atoms. The molecule has 4 N–H and O–H groups in total. The summed E-state index contributed by atoms with van der Waals surface area (Å²) in [6.07, 6.45) is -6.20. The third-order valence-corrected chi connectivity index (χ3v) is 4.84. The third kappa shape index (κ3) is 4.62. The van der Waals surface area contributed by atoms with Gasteiger partial charge in [0.05, 0.1) is 0 Å². The number of alkyl halides is 21. The van der Waals surface area contributed by atoms with Crippen LogP contribution in [-0.2, 0) is 10.1 Å². The fraction of sp³-hybridized carbons (Fsp3) is 1.00. The molecule has 0 aliphatic carbocycles. The molecule has 0 aliphatic rings. The van der Waals surface area contributed by atoms with Gasteiger partial charge in [0, 0.05) is 0 Å². The van der Waals surface area contributed by atoms with Gasteiger partial charge in [-0.05, 0) is 0 Å². The maximum atomic E-state index is 13.4. The highest BCUT2D eigenvalue weighted by molar-refractivity contribution is 7.86. The Morgan fingerprint density at radius 3 is 0.811 bits per heavy atom. The molecule has 0 amide bonds. The van der Waals surface area contributed by atoms with Crippen molar-refractivity contribution in [2.75, 3.05) is 0 Å². The smallest absolute Gasteiger partial charge is 0.344 e. The number of halogens is 21. The average Bonchev–Trinajstić information content (AvgIpc) is 2.64. The van der Waals surface area contributed by atoms with Crippen LogP contribution in [0.15, 0.2) is 0 Å². The van der Waals surface area contributed by atoms with E-state index >= 15 is 0 Å². The highest BCUT2D eigenvalue weighted by Gasteiger charge is 2.97. The Balaban J connectivity index is 0. The Kier molecular flexibility index (Phi) is 9.39. The van der Waals surface area contributed by atoms with Crippen molar-refractivity contribution in [3.8, 4) is 0 Å². The lowest BCUT2D eigenvalue weighted by molar-refractivity contribution is -0.465. The zero-order chi connectivity index (χ0) is 30.2. The highest BCUT2D eigenvalue weighted by Crippen LogP contribution is 2.65. The van der Waals surface area contributed by atoms with Crippen LogP contribution in [0.5, 0.6) is 0 Å². The second-order valence-corrected chi connectivity index (χ2v) is 7.84. The summed E-state index contributed by atoms with van der Waals surface area (Å²) in [7, 11) is -7.36. The molecule has 0 saturated heterocycles. The quantitative estimate of drug-likeness (QED) is 0.207. The van der Waals surface area contributed by atoms with E-state index in [1.54, 1.807) is 0 Å². The van der Waals surface area contributed by atoms with Crippen LogP contribution in [0.1, 0.15) is 0 Å². The van der Waals surface area contributed by atoms with Crippen LogP contribution in [0.2, 0.25) is 0 Å². The summed E-state index contributed by atoms with van der Waals surface area (Å²) in [4.78, 5) is 0. The molecule has 0 radical (unpaired) electrons. The number of hydrogen-bond acceptors (Lipinski definition) is 3. The van der Waals surface area contributed by atoms with Gasteiger partial charge in [-0.25, -0.2) is 13.2 Å². The van der Waals surface area contributed by atoms with E-state index in [9.17, 15) is 101 Å². The molecule has 0 rings (SSSR count). The van der Waals surface area contributed by atoms with Gasteiger partial charge in [-0.2, -0.15) is 87.4 Å². The summed E-state index contributed by atoms with van der Waals surface area (Å²) >= 11 is 0. The molecule has 1 unspecified atom stereocenters. The lowest BCUT2D eigenvalue weighted by Gasteiger charge is -2.44. The zero-order valence-corrected chi connectivity index (χ0v) is 16.8. The van der Waals surface area contributed by atoms with Crippen molar-refractivity contribution >= 4 is 10.1 Å². The van der Waals surface area contributed by atoms with Crippen LogP contribution in [0.4, 0.5) is 92.2 Å². The van der Waals surface area contributed by atoms with E-state index in [2.05, 4.69) is 0 Å². The fourth-order valence-electron chi connectivity index (χ4n) is 1.87. The normalized spacial score (nSPS) is 17.1. The van der Waals surface area contributed by atoms with E-state index < -0.39 is 75.4 Å². The van der Waals surface area contributed by atoms with Crippen molar-refractivity contribution < 1.29 is 105 Å². The van der Waals surface area contributed by atoms with Crippen molar-refractivity contribution in [3.05, 3.63) is 0 Å². The number of hydrogen-bond donors (Lipinski definition) is 2. The van der Waals surface area contributed by atoms with E-state index in [1.807, 2.05) is 0 Å². The Labute approximate surface area is 188 Å². The largest absolute Gasteiger partial charge is 0.385 e. The maximum Gasteiger partial charge on any atom is 0.385 e. The van der Waals surface area contributed by atoms with E-state index in [1.165, 1.54) is 0 Å². The second-order valence-electron chi connectivity index (χ2n) is 6.40. The van der Waals surface area contributed by atoms with Gasteiger partial charge in [-0.15, -0.1) is 0 Å². The average molecular weight is 631 g/mol. The summed E-state index contributed by atoms with van der Waals surface area (Å²) in [6.45, 7) is 0. The van der Waals surface area contributed by atoms with Crippen LogP contribution in [0, 0.1) is 0 Å². The first-order valence-electron chi connectivity index (χ1n) is 7.39. The molecule has 26 heteroatoms. The van der Waals surface area contributed by atoms with Crippen LogP contribution < -0.4 is 6.15 Å². The molecule has 37 heavy (non-hydrogen) atoms. The lowest BCUT2D eigenvalue weighted by atomic mass is 9.86.